The van der Waals surface area contributed by atoms with Gasteiger partial charge in [-0.25, -0.2) is 0 Å². The van der Waals surface area contributed by atoms with Crippen molar-refractivity contribution in [2.75, 3.05) is 5.32 Å². The highest BCUT2D eigenvalue weighted by molar-refractivity contribution is 7.08. The Balaban J connectivity index is 1.66. The fourth-order valence-corrected chi connectivity index (χ4v) is 3.84. The number of halogens is 3. The zero-order valence-corrected chi connectivity index (χ0v) is 15.6. The summed E-state index contributed by atoms with van der Waals surface area (Å²) >= 11 is 1.05. The molecule has 0 atom stereocenters. The molecule has 3 aromatic rings. The van der Waals surface area contributed by atoms with E-state index in [2.05, 4.69) is 19.7 Å². The Bertz CT molecular complexity index is 1040. The van der Waals surface area contributed by atoms with Crippen LogP contribution in [0, 0.1) is 6.92 Å². The van der Waals surface area contributed by atoms with E-state index in [1.54, 1.807) is 12.4 Å². The van der Waals surface area contributed by atoms with Crippen LogP contribution < -0.4 is 5.32 Å². The van der Waals surface area contributed by atoms with Gasteiger partial charge >= 0.3 is 6.18 Å². The van der Waals surface area contributed by atoms with Crippen molar-refractivity contribution in [2.24, 2.45) is 0 Å². The molecule has 1 saturated carbocycles. The molecule has 9 heteroatoms. The molecule has 0 unspecified atom stereocenters. The largest absolute Gasteiger partial charge is 0.433 e. The fourth-order valence-electron chi connectivity index (χ4n) is 2.96. The normalized spacial score (nSPS) is 14.1. The molecule has 0 aromatic carbocycles. The second-order valence-corrected chi connectivity index (χ2v) is 7.45. The van der Waals surface area contributed by atoms with Crippen LogP contribution in [0.3, 0.4) is 0 Å². The fraction of sp³-hybridized carbons (Fsp3) is 0.263. The van der Waals surface area contributed by atoms with Crippen molar-refractivity contribution in [3.8, 4) is 11.3 Å². The Morgan fingerprint density at radius 2 is 2.04 bits per heavy atom. The van der Waals surface area contributed by atoms with Crippen molar-refractivity contribution < 1.29 is 18.0 Å². The number of alkyl halides is 3. The van der Waals surface area contributed by atoms with Gasteiger partial charge in [0.15, 0.2) is 0 Å². The average molecular weight is 404 g/mol. The van der Waals surface area contributed by atoms with Crippen LogP contribution >= 0.6 is 11.5 Å². The average Bonchev–Trinajstić information content (AvgIpc) is 3.39. The summed E-state index contributed by atoms with van der Waals surface area (Å²) in [6, 6.07) is 4.10. The van der Waals surface area contributed by atoms with Crippen LogP contribution in [-0.4, -0.2) is 20.2 Å². The molecule has 1 amide bonds. The molecule has 1 fully saturated rings. The second-order valence-electron chi connectivity index (χ2n) is 6.68. The summed E-state index contributed by atoms with van der Waals surface area (Å²) < 4.78 is 43.0. The van der Waals surface area contributed by atoms with Gasteiger partial charge in [0.2, 0.25) is 0 Å². The van der Waals surface area contributed by atoms with Crippen LogP contribution in [0.1, 0.15) is 45.3 Å². The Labute approximate surface area is 162 Å². The van der Waals surface area contributed by atoms with Crippen LogP contribution in [0.2, 0.25) is 0 Å². The first-order valence-electron chi connectivity index (χ1n) is 8.59. The van der Waals surface area contributed by atoms with Gasteiger partial charge in [0.05, 0.1) is 5.69 Å². The summed E-state index contributed by atoms with van der Waals surface area (Å²) in [5.74, 6) is -0.233. The summed E-state index contributed by atoms with van der Waals surface area (Å²) in [5, 5.41) is 2.55. The molecule has 0 spiro atoms. The predicted octanol–water partition coefficient (Wildman–Crippen LogP) is 5.06. The Kier molecular flexibility index (Phi) is 4.62. The molecule has 0 aliphatic heterocycles. The van der Waals surface area contributed by atoms with E-state index in [0.717, 1.165) is 59.0 Å². The van der Waals surface area contributed by atoms with Crippen molar-refractivity contribution in [1.82, 2.24) is 14.3 Å². The molecule has 1 aliphatic carbocycles. The molecule has 4 rings (SSSR count). The van der Waals surface area contributed by atoms with E-state index in [9.17, 15) is 18.0 Å². The number of aryl methyl sites for hydroxylation is 1. The lowest BCUT2D eigenvalue weighted by molar-refractivity contribution is -0.141. The number of hydrogen-bond acceptors (Lipinski definition) is 5. The second kappa shape index (κ2) is 6.97. The van der Waals surface area contributed by atoms with Crippen LogP contribution in [0.5, 0.6) is 0 Å². The van der Waals surface area contributed by atoms with E-state index >= 15 is 0 Å². The minimum atomic E-state index is -4.57. The van der Waals surface area contributed by atoms with Crippen molar-refractivity contribution in [2.45, 2.75) is 31.9 Å². The van der Waals surface area contributed by atoms with E-state index in [4.69, 9.17) is 0 Å². The number of nitrogens with zero attached hydrogens (tertiary/aromatic N) is 3. The number of nitrogens with one attached hydrogen (secondary N) is 1. The first-order chi connectivity index (χ1) is 13.3. The Morgan fingerprint density at radius 1 is 1.25 bits per heavy atom. The maximum absolute atomic E-state index is 12.8. The van der Waals surface area contributed by atoms with Gasteiger partial charge in [-0.05, 0) is 61.0 Å². The molecule has 5 nitrogen and oxygen atoms in total. The van der Waals surface area contributed by atoms with Crippen molar-refractivity contribution in [3.63, 3.8) is 0 Å². The molecule has 3 heterocycles. The Morgan fingerprint density at radius 3 is 2.71 bits per heavy atom. The number of carbonyl (C=O) groups is 1. The van der Waals surface area contributed by atoms with E-state index in [-0.39, 0.29) is 11.6 Å². The highest BCUT2D eigenvalue weighted by Gasteiger charge is 2.35. The number of carbonyl (C=O) groups excluding carboxylic acids is 1. The summed E-state index contributed by atoms with van der Waals surface area (Å²) in [6.07, 6.45) is 1.80. The first-order valence-corrected chi connectivity index (χ1v) is 9.36. The predicted molar refractivity (Wildman–Crippen MR) is 99.2 cm³/mol. The maximum Gasteiger partial charge on any atom is 0.433 e. The smallest absolute Gasteiger partial charge is 0.321 e. The van der Waals surface area contributed by atoms with Crippen LogP contribution in [0.25, 0.3) is 11.3 Å². The van der Waals surface area contributed by atoms with Gasteiger partial charge in [0.25, 0.3) is 5.91 Å². The highest BCUT2D eigenvalue weighted by Crippen LogP contribution is 2.47. The van der Waals surface area contributed by atoms with E-state index in [0.29, 0.717) is 4.88 Å². The summed E-state index contributed by atoms with van der Waals surface area (Å²) in [4.78, 5) is 20.7. The van der Waals surface area contributed by atoms with Gasteiger partial charge in [-0.1, -0.05) is 0 Å². The zero-order chi connectivity index (χ0) is 19.9. The van der Waals surface area contributed by atoms with Gasteiger partial charge < -0.3 is 5.32 Å². The molecule has 1 aliphatic rings. The number of amides is 1. The molecule has 0 radical (unpaired) electrons. The SMILES string of the molecule is Cc1cncc(-c2nsc(C(=O)Nc3ccnc(C(F)(F)F)c3)c2C2CC2)c1. The third-order valence-electron chi connectivity index (χ3n) is 4.38. The van der Waals surface area contributed by atoms with Gasteiger partial charge in [0, 0.05) is 35.4 Å². The standard InChI is InChI=1S/C19H15F3N4OS/c1-10-6-12(9-23-8-10)16-15(11-2-3-11)17(28-26-16)18(27)25-13-4-5-24-14(7-13)19(20,21)22/h4-9,11H,2-3H2,1H3,(H,24,25,27). The van der Waals surface area contributed by atoms with Gasteiger partial charge in [-0.15, -0.1) is 0 Å². The van der Waals surface area contributed by atoms with Crippen LogP contribution in [0.4, 0.5) is 18.9 Å². The van der Waals surface area contributed by atoms with Gasteiger partial charge in [-0.3, -0.25) is 14.8 Å². The summed E-state index contributed by atoms with van der Waals surface area (Å²) in [6.45, 7) is 1.93. The van der Waals surface area contributed by atoms with Gasteiger partial charge in [0.1, 0.15) is 10.6 Å². The lowest BCUT2D eigenvalue weighted by atomic mass is 10.0. The molecule has 3 aromatic heterocycles. The monoisotopic (exact) mass is 404 g/mol. The first kappa shape index (κ1) is 18.5. The quantitative estimate of drug-likeness (QED) is 0.660. The Hall–Kier alpha value is -2.81. The highest BCUT2D eigenvalue weighted by atomic mass is 32.1. The molecule has 0 bridgehead atoms. The maximum atomic E-state index is 12.8. The van der Waals surface area contributed by atoms with E-state index < -0.39 is 17.8 Å². The van der Waals surface area contributed by atoms with Crippen molar-refractivity contribution in [1.29, 1.82) is 0 Å². The van der Waals surface area contributed by atoms with Crippen molar-refractivity contribution in [3.05, 3.63) is 58.5 Å². The molecule has 144 valence electrons. The molecular weight excluding hydrogens is 389 g/mol. The summed E-state index contributed by atoms with van der Waals surface area (Å²) in [5.41, 5.74) is 2.37. The topological polar surface area (TPSA) is 67.8 Å². The van der Waals surface area contributed by atoms with Gasteiger partial charge in [-0.2, -0.15) is 17.5 Å². The minimum absolute atomic E-state index is 0.0428. The van der Waals surface area contributed by atoms with Crippen molar-refractivity contribution >= 4 is 23.1 Å². The van der Waals surface area contributed by atoms with Crippen LogP contribution in [-0.2, 0) is 6.18 Å². The summed E-state index contributed by atoms with van der Waals surface area (Å²) in [7, 11) is 0. The number of pyridine rings is 2. The van der Waals surface area contributed by atoms with E-state index in [1.807, 2.05) is 13.0 Å². The molecular formula is C19H15F3N4OS. The zero-order valence-electron chi connectivity index (χ0n) is 14.7. The third kappa shape index (κ3) is 3.75. The molecule has 28 heavy (non-hydrogen) atoms. The van der Waals surface area contributed by atoms with Crippen LogP contribution in [0.15, 0.2) is 36.8 Å². The third-order valence-corrected chi connectivity index (χ3v) is 5.24. The van der Waals surface area contributed by atoms with E-state index in [1.165, 1.54) is 6.07 Å². The number of rotatable bonds is 4. The molecule has 1 N–H and O–H groups in total. The number of aromatic nitrogens is 3. The number of hydrogen-bond donors (Lipinski definition) is 1. The number of anilines is 1. The molecule has 0 saturated heterocycles. The minimum Gasteiger partial charge on any atom is -0.321 e. The lowest BCUT2D eigenvalue weighted by Crippen LogP contribution is -2.14. The lowest BCUT2D eigenvalue weighted by Gasteiger charge is -2.09.